The molecule has 5 nitrogen and oxygen atoms in total. The quantitative estimate of drug-likeness (QED) is 0.410. The van der Waals surface area contributed by atoms with Crippen molar-refractivity contribution in [3.8, 4) is 0 Å². The Bertz CT molecular complexity index is 756. The van der Waals surface area contributed by atoms with Gasteiger partial charge in [0.15, 0.2) is 11.6 Å². The average molecular weight is 385 g/mol. The van der Waals surface area contributed by atoms with E-state index in [-0.39, 0.29) is 35.5 Å². The van der Waals surface area contributed by atoms with Gasteiger partial charge in [-0.05, 0) is 13.5 Å². The first-order valence-electron chi connectivity index (χ1n) is 10.5. The Kier molecular flexibility index (Phi) is 6.48. The molecule has 4 atom stereocenters. The van der Waals surface area contributed by atoms with Crippen LogP contribution in [0.15, 0.2) is 36.4 Å². The first kappa shape index (κ1) is 20.9. The van der Waals surface area contributed by atoms with E-state index >= 15 is 0 Å². The molecule has 0 saturated carbocycles. The summed E-state index contributed by atoms with van der Waals surface area (Å²) < 4.78 is 1.01. The Morgan fingerprint density at radius 1 is 0.929 bits per heavy atom. The third kappa shape index (κ3) is 4.12. The van der Waals surface area contributed by atoms with E-state index in [2.05, 4.69) is 43.8 Å². The summed E-state index contributed by atoms with van der Waals surface area (Å²) in [6, 6.07) is 7.06. The molecule has 0 fully saturated rings. The van der Waals surface area contributed by atoms with Crippen LogP contribution in [-0.4, -0.2) is 68.9 Å². The number of nitrogens with zero attached hydrogens (tertiary/aromatic N) is 1. The lowest BCUT2D eigenvalue weighted by Gasteiger charge is -2.41. The van der Waals surface area contributed by atoms with Crippen molar-refractivity contribution in [1.29, 1.82) is 0 Å². The van der Waals surface area contributed by atoms with Gasteiger partial charge in [0, 0.05) is 36.2 Å². The number of fused-ring (bicyclic) bond motifs is 2. The van der Waals surface area contributed by atoms with Crippen molar-refractivity contribution in [2.45, 2.75) is 31.8 Å². The summed E-state index contributed by atoms with van der Waals surface area (Å²) in [7, 11) is 6.38. The smallest absolute Gasteiger partial charge is 0.169 e. The number of Topliss-reactive ketones (excluding diaryl/α,β-unsaturated/α-hetero) is 2. The van der Waals surface area contributed by atoms with Crippen molar-refractivity contribution in [2.24, 2.45) is 11.8 Å². The SMILES string of the molecule is CCC[N+](C)(C)CCCNC1C=CC(NC)C2C(=O)c3ccccc3C(=O)C12. The van der Waals surface area contributed by atoms with E-state index < -0.39 is 0 Å². The molecule has 0 saturated heterocycles. The van der Waals surface area contributed by atoms with E-state index in [4.69, 9.17) is 0 Å². The van der Waals surface area contributed by atoms with Gasteiger partial charge in [-0.25, -0.2) is 0 Å². The number of nitrogens with one attached hydrogen (secondary N) is 2. The maximum Gasteiger partial charge on any atom is 0.169 e. The second kappa shape index (κ2) is 8.68. The minimum absolute atomic E-state index is 0.0800. The molecule has 3 rings (SSSR count). The Hall–Kier alpha value is -1.82. The highest BCUT2D eigenvalue weighted by molar-refractivity contribution is 6.16. The van der Waals surface area contributed by atoms with Crippen LogP contribution >= 0.6 is 0 Å². The van der Waals surface area contributed by atoms with Crippen LogP contribution in [-0.2, 0) is 0 Å². The van der Waals surface area contributed by atoms with E-state index in [0.717, 1.165) is 24.0 Å². The predicted molar refractivity (Wildman–Crippen MR) is 113 cm³/mol. The first-order chi connectivity index (χ1) is 13.4. The molecule has 1 aromatic rings. The van der Waals surface area contributed by atoms with Gasteiger partial charge in [-0.1, -0.05) is 43.3 Å². The molecular weight excluding hydrogens is 350 g/mol. The van der Waals surface area contributed by atoms with Crippen LogP contribution in [0.25, 0.3) is 0 Å². The van der Waals surface area contributed by atoms with Crippen LogP contribution in [0.2, 0.25) is 0 Å². The molecule has 5 heteroatoms. The molecule has 0 amide bonds. The lowest BCUT2D eigenvalue weighted by atomic mass is 9.65. The molecule has 2 N–H and O–H groups in total. The Morgan fingerprint density at radius 2 is 1.50 bits per heavy atom. The zero-order chi connectivity index (χ0) is 20.3. The molecule has 0 radical (unpaired) electrons. The maximum atomic E-state index is 13.3. The van der Waals surface area contributed by atoms with Crippen molar-refractivity contribution in [1.82, 2.24) is 10.6 Å². The predicted octanol–water partition coefficient (Wildman–Crippen LogP) is 2.29. The molecule has 0 aliphatic heterocycles. The highest BCUT2D eigenvalue weighted by Gasteiger charge is 2.48. The van der Waals surface area contributed by atoms with E-state index in [0.29, 0.717) is 11.1 Å². The van der Waals surface area contributed by atoms with E-state index in [1.54, 1.807) is 12.1 Å². The fourth-order valence-electron chi connectivity index (χ4n) is 4.81. The monoisotopic (exact) mass is 384 g/mol. The average Bonchev–Trinajstić information content (AvgIpc) is 2.68. The molecule has 1 aromatic carbocycles. The van der Waals surface area contributed by atoms with Crippen molar-refractivity contribution in [3.63, 3.8) is 0 Å². The van der Waals surface area contributed by atoms with Gasteiger partial charge < -0.3 is 15.1 Å². The normalized spacial score (nSPS) is 26.9. The molecule has 0 heterocycles. The van der Waals surface area contributed by atoms with E-state index in [9.17, 15) is 9.59 Å². The minimum Gasteiger partial charge on any atom is -0.328 e. The lowest BCUT2D eigenvalue weighted by molar-refractivity contribution is -0.890. The number of hydrogen-bond acceptors (Lipinski definition) is 4. The first-order valence-corrected chi connectivity index (χ1v) is 10.5. The van der Waals surface area contributed by atoms with Crippen molar-refractivity contribution >= 4 is 11.6 Å². The van der Waals surface area contributed by atoms with Gasteiger partial charge in [-0.2, -0.15) is 0 Å². The summed E-state index contributed by atoms with van der Waals surface area (Å²) in [6.07, 6.45) is 6.35. The number of ketones is 2. The zero-order valence-corrected chi connectivity index (χ0v) is 17.6. The summed E-state index contributed by atoms with van der Waals surface area (Å²) in [6.45, 7) is 5.33. The fraction of sp³-hybridized carbons (Fsp3) is 0.565. The fourth-order valence-corrected chi connectivity index (χ4v) is 4.81. The van der Waals surface area contributed by atoms with Crippen LogP contribution < -0.4 is 10.6 Å². The maximum absolute atomic E-state index is 13.3. The van der Waals surface area contributed by atoms with Crippen molar-refractivity contribution in [2.75, 3.05) is 40.8 Å². The van der Waals surface area contributed by atoms with Gasteiger partial charge in [-0.15, -0.1) is 0 Å². The summed E-state index contributed by atoms with van der Waals surface area (Å²) in [4.78, 5) is 26.5. The number of carbonyl (C=O) groups excluding carboxylic acids is 2. The van der Waals surface area contributed by atoms with Crippen LogP contribution in [0, 0.1) is 11.8 Å². The zero-order valence-electron chi connectivity index (χ0n) is 17.6. The molecular formula is C23H34N3O2+. The summed E-state index contributed by atoms with van der Waals surface area (Å²) in [5, 5.41) is 6.78. The standard InChI is InChI=1S/C23H34N3O2/c1-5-14-26(3,4)15-8-13-25-19-12-11-18(24-2)20-21(19)23(28)17-10-7-6-9-16(17)22(20)27/h6-7,9-12,18-21,24-25H,5,8,13-15H2,1-4H3/q+1. The third-order valence-electron chi connectivity index (χ3n) is 6.23. The molecule has 0 spiro atoms. The Labute approximate surface area is 168 Å². The highest BCUT2D eigenvalue weighted by Crippen LogP contribution is 2.37. The number of rotatable bonds is 8. The Balaban J connectivity index is 1.75. The number of carbonyl (C=O) groups is 2. The molecule has 2 aliphatic rings. The molecule has 2 aliphatic carbocycles. The number of benzene rings is 1. The lowest BCUT2D eigenvalue weighted by Crippen LogP contribution is -2.56. The van der Waals surface area contributed by atoms with Crippen LogP contribution in [0.4, 0.5) is 0 Å². The highest BCUT2D eigenvalue weighted by atomic mass is 16.1. The van der Waals surface area contributed by atoms with Gasteiger partial charge in [-0.3, -0.25) is 9.59 Å². The van der Waals surface area contributed by atoms with Gasteiger partial charge in [0.05, 0.1) is 39.0 Å². The Morgan fingerprint density at radius 3 is 2.07 bits per heavy atom. The van der Waals surface area contributed by atoms with Crippen molar-refractivity contribution < 1.29 is 14.1 Å². The molecule has 28 heavy (non-hydrogen) atoms. The summed E-state index contributed by atoms with van der Waals surface area (Å²) in [5.74, 6) is -0.522. The number of likely N-dealkylation sites (N-methyl/N-ethyl adjacent to an activating group) is 1. The topological polar surface area (TPSA) is 58.2 Å². The third-order valence-corrected chi connectivity index (χ3v) is 6.23. The van der Waals surface area contributed by atoms with Gasteiger partial charge in [0.1, 0.15) is 0 Å². The number of hydrogen-bond donors (Lipinski definition) is 2. The summed E-state index contributed by atoms with van der Waals surface area (Å²) in [5.41, 5.74) is 1.15. The largest absolute Gasteiger partial charge is 0.328 e. The number of quaternary nitrogens is 1. The second-order valence-electron chi connectivity index (χ2n) is 8.74. The van der Waals surface area contributed by atoms with Crippen LogP contribution in [0.5, 0.6) is 0 Å². The van der Waals surface area contributed by atoms with Gasteiger partial charge >= 0.3 is 0 Å². The molecule has 0 bridgehead atoms. The van der Waals surface area contributed by atoms with Crippen molar-refractivity contribution in [3.05, 3.63) is 47.5 Å². The van der Waals surface area contributed by atoms with Crippen LogP contribution in [0.1, 0.15) is 40.5 Å². The molecule has 0 aromatic heterocycles. The molecule has 152 valence electrons. The summed E-state index contributed by atoms with van der Waals surface area (Å²) >= 11 is 0. The second-order valence-corrected chi connectivity index (χ2v) is 8.74. The van der Waals surface area contributed by atoms with Gasteiger partial charge in [0.25, 0.3) is 0 Å². The van der Waals surface area contributed by atoms with Crippen LogP contribution in [0.3, 0.4) is 0 Å². The van der Waals surface area contributed by atoms with Gasteiger partial charge in [0.2, 0.25) is 0 Å². The van der Waals surface area contributed by atoms with E-state index in [1.807, 2.05) is 19.2 Å². The minimum atomic E-state index is -0.345. The molecule has 4 unspecified atom stereocenters. The van der Waals surface area contributed by atoms with E-state index in [1.165, 1.54) is 13.0 Å².